The largest absolute Gasteiger partial charge is 0.366 e. The lowest BCUT2D eigenvalue weighted by atomic mass is 10.0. The van der Waals surface area contributed by atoms with Crippen LogP contribution < -0.4 is 11.1 Å². The highest BCUT2D eigenvalue weighted by Crippen LogP contribution is 2.20. The molecule has 0 aliphatic rings. The highest BCUT2D eigenvalue weighted by molar-refractivity contribution is 5.99. The summed E-state index contributed by atoms with van der Waals surface area (Å²) in [6.45, 7) is 1.74. The average Bonchev–Trinajstić information content (AvgIpc) is 2.55. The molecule has 0 radical (unpaired) electrons. The zero-order chi connectivity index (χ0) is 17.7. The fourth-order valence-corrected chi connectivity index (χ4v) is 2.16. The van der Waals surface area contributed by atoms with E-state index < -0.39 is 10.8 Å². The summed E-state index contributed by atoms with van der Waals surface area (Å²) in [6, 6.07) is 9.51. The number of anilines is 1. The van der Waals surface area contributed by atoms with Gasteiger partial charge in [0.05, 0.1) is 10.5 Å². The first kappa shape index (κ1) is 17.1. The van der Waals surface area contributed by atoms with Gasteiger partial charge in [-0.15, -0.1) is 0 Å². The molecule has 0 aliphatic heterocycles. The van der Waals surface area contributed by atoms with Crippen molar-refractivity contribution >= 4 is 23.2 Å². The lowest BCUT2D eigenvalue weighted by Crippen LogP contribution is -2.23. The lowest BCUT2D eigenvalue weighted by molar-refractivity contribution is -0.385. The number of carbonyl (C=O) groups is 2. The van der Waals surface area contributed by atoms with Gasteiger partial charge in [0.25, 0.3) is 11.6 Å². The van der Waals surface area contributed by atoms with Gasteiger partial charge in [0.15, 0.2) is 5.78 Å². The summed E-state index contributed by atoms with van der Waals surface area (Å²) in [7, 11) is 0. The van der Waals surface area contributed by atoms with Gasteiger partial charge in [-0.25, -0.2) is 4.98 Å². The second kappa shape index (κ2) is 7.32. The van der Waals surface area contributed by atoms with Crippen LogP contribution in [0.3, 0.4) is 0 Å². The van der Waals surface area contributed by atoms with E-state index in [1.54, 1.807) is 31.2 Å². The fourth-order valence-electron chi connectivity index (χ4n) is 2.16. The second-order valence-electron chi connectivity index (χ2n) is 5.25. The van der Waals surface area contributed by atoms with E-state index in [-0.39, 0.29) is 35.3 Å². The van der Waals surface area contributed by atoms with Crippen molar-refractivity contribution in [2.45, 2.75) is 19.4 Å². The number of ketones is 1. The van der Waals surface area contributed by atoms with Crippen molar-refractivity contribution in [3.8, 4) is 0 Å². The van der Waals surface area contributed by atoms with E-state index in [2.05, 4.69) is 10.3 Å². The van der Waals surface area contributed by atoms with Crippen LogP contribution in [0.5, 0.6) is 0 Å². The molecule has 1 atom stereocenters. The highest BCUT2D eigenvalue weighted by atomic mass is 16.6. The predicted molar refractivity (Wildman–Crippen MR) is 87.9 cm³/mol. The quantitative estimate of drug-likeness (QED) is 0.455. The van der Waals surface area contributed by atoms with Crippen LogP contribution in [-0.2, 0) is 0 Å². The molecular weight excluding hydrogens is 312 g/mol. The first-order chi connectivity index (χ1) is 11.4. The molecule has 1 amide bonds. The number of rotatable bonds is 7. The highest BCUT2D eigenvalue weighted by Gasteiger charge is 2.18. The summed E-state index contributed by atoms with van der Waals surface area (Å²) < 4.78 is 0. The van der Waals surface area contributed by atoms with Crippen LogP contribution in [0.2, 0.25) is 0 Å². The van der Waals surface area contributed by atoms with Gasteiger partial charge in [-0.1, -0.05) is 30.3 Å². The maximum Gasteiger partial charge on any atom is 0.288 e. The molecule has 0 bridgehead atoms. The Hall–Kier alpha value is -3.29. The Morgan fingerprint density at radius 2 is 2.00 bits per heavy atom. The minimum Gasteiger partial charge on any atom is -0.366 e. The maximum atomic E-state index is 12.2. The van der Waals surface area contributed by atoms with Crippen molar-refractivity contribution in [1.82, 2.24) is 4.98 Å². The number of carbonyl (C=O) groups excluding carboxylic acids is 2. The van der Waals surface area contributed by atoms with Crippen molar-refractivity contribution in [2.24, 2.45) is 5.73 Å². The molecule has 2 rings (SSSR count). The Morgan fingerprint density at radius 1 is 1.33 bits per heavy atom. The van der Waals surface area contributed by atoms with Crippen LogP contribution in [0.4, 0.5) is 11.5 Å². The smallest absolute Gasteiger partial charge is 0.288 e. The van der Waals surface area contributed by atoms with E-state index in [0.717, 1.165) is 12.3 Å². The molecule has 1 aromatic carbocycles. The number of hydrogen-bond acceptors (Lipinski definition) is 6. The fraction of sp³-hybridized carbons (Fsp3) is 0.188. The van der Waals surface area contributed by atoms with Crippen molar-refractivity contribution in [3.05, 3.63) is 63.8 Å². The summed E-state index contributed by atoms with van der Waals surface area (Å²) in [4.78, 5) is 37.6. The summed E-state index contributed by atoms with van der Waals surface area (Å²) in [5.74, 6) is -0.796. The minimum absolute atomic E-state index is 0.0712. The molecule has 0 aliphatic carbocycles. The number of primary amides is 1. The maximum absolute atomic E-state index is 12.2. The summed E-state index contributed by atoms with van der Waals surface area (Å²) in [5, 5.41) is 13.7. The van der Waals surface area contributed by atoms with Gasteiger partial charge in [-0.05, 0) is 6.92 Å². The molecule has 8 nitrogen and oxygen atoms in total. The van der Waals surface area contributed by atoms with E-state index in [1.807, 2.05) is 6.07 Å². The monoisotopic (exact) mass is 328 g/mol. The van der Waals surface area contributed by atoms with Gasteiger partial charge >= 0.3 is 0 Å². The number of nitrogens with zero attached hydrogens (tertiary/aromatic N) is 2. The molecule has 0 fully saturated rings. The van der Waals surface area contributed by atoms with E-state index in [9.17, 15) is 19.7 Å². The van der Waals surface area contributed by atoms with Gasteiger partial charge < -0.3 is 11.1 Å². The van der Waals surface area contributed by atoms with Crippen LogP contribution in [0.25, 0.3) is 0 Å². The third-order valence-electron chi connectivity index (χ3n) is 3.32. The number of nitrogens with two attached hydrogens (primary N) is 1. The van der Waals surface area contributed by atoms with Gasteiger partial charge in [0, 0.05) is 24.1 Å². The third kappa shape index (κ3) is 4.13. The van der Waals surface area contributed by atoms with Crippen molar-refractivity contribution in [2.75, 3.05) is 5.32 Å². The van der Waals surface area contributed by atoms with Crippen LogP contribution in [-0.4, -0.2) is 27.6 Å². The summed E-state index contributed by atoms with van der Waals surface area (Å²) >= 11 is 0. The molecule has 1 unspecified atom stereocenters. The summed E-state index contributed by atoms with van der Waals surface area (Å²) in [6.07, 6.45) is 1.20. The number of amides is 1. The first-order valence-electron chi connectivity index (χ1n) is 7.17. The standard InChI is InChI=1S/C16H16N4O4/c1-10(7-14(21)11-5-3-2-4-6-11)19-16-13(15(17)22)8-12(9-18-16)20(23)24/h2-6,8-10H,7H2,1H3,(H2,17,22)(H,18,19). The third-order valence-corrected chi connectivity index (χ3v) is 3.32. The molecule has 124 valence electrons. The molecule has 0 saturated carbocycles. The average molecular weight is 328 g/mol. The molecule has 0 saturated heterocycles. The predicted octanol–water partition coefficient (Wildman–Crippen LogP) is 2.16. The first-order valence-corrected chi connectivity index (χ1v) is 7.17. The normalized spacial score (nSPS) is 11.5. The van der Waals surface area contributed by atoms with Crippen molar-refractivity contribution in [1.29, 1.82) is 0 Å². The Bertz CT molecular complexity index is 777. The van der Waals surface area contributed by atoms with E-state index in [4.69, 9.17) is 5.73 Å². The Balaban J connectivity index is 2.14. The molecule has 1 heterocycles. The number of nitro groups is 1. The van der Waals surface area contributed by atoms with Crippen LogP contribution >= 0.6 is 0 Å². The molecule has 0 spiro atoms. The summed E-state index contributed by atoms with van der Waals surface area (Å²) in [5.41, 5.74) is 5.40. The van der Waals surface area contributed by atoms with E-state index in [0.29, 0.717) is 5.56 Å². The Morgan fingerprint density at radius 3 is 2.58 bits per heavy atom. The van der Waals surface area contributed by atoms with Gasteiger partial charge in [0.2, 0.25) is 0 Å². The number of aromatic nitrogens is 1. The van der Waals surface area contributed by atoms with Crippen LogP contribution in [0.15, 0.2) is 42.6 Å². The SMILES string of the molecule is CC(CC(=O)c1ccccc1)Nc1ncc([N+](=O)[O-])cc1C(N)=O. The topological polar surface area (TPSA) is 128 Å². The zero-order valence-corrected chi connectivity index (χ0v) is 12.9. The number of nitrogens with one attached hydrogen (secondary N) is 1. The van der Waals surface area contributed by atoms with Gasteiger partial charge in [0.1, 0.15) is 12.0 Å². The van der Waals surface area contributed by atoms with Gasteiger partial charge in [-0.3, -0.25) is 19.7 Å². The zero-order valence-electron chi connectivity index (χ0n) is 12.9. The Kier molecular flexibility index (Phi) is 5.20. The molecule has 2 aromatic rings. The molecule has 24 heavy (non-hydrogen) atoms. The number of pyridine rings is 1. The van der Waals surface area contributed by atoms with E-state index >= 15 is 0 Å². The Labute approximate surface area is 137 Å². The number of hydrogen-bond donors (Lipinski definition) is 2. The van der Waals surface area contributed by atoms with Crippen molar-refractivity contribution in [3.63, 3.8) is 0 Å². The number of Topliss-reactive ketones (excluding diaryl/α,β-unsaturated/α-hetero) is 1. The molecule has 3 N–H and O–H groups in total. The van der Waals surface area contributed by atoms with Crippen LogP contribution in [0, 0.1) is 10.1 Å². The van der Waals surface area contributed by atoms with Crippen LogP contribution in [0.1, 0.15) is 34.1 Å². The van der Waals surface area contributed by atoms with Gasteiger partial charge in [-0.2, -0.15) is 0 Å². The van der Waals surface area contributed by atoms with E-state index in [1.165, 1.54) is 0 Å². The number of benzene rings is 1. The molecule has 8 heteroatoms. The molecule has 1 aromatic heterocycles. The minimum atomic E-state index is -0.838. The second-order valence-corrected chi connectivity index (χ2v) is 5.25. The van der Waals surface area contributed by atoms with Crippen molar-refractivity contribution < 1.29 is 14.5 Å². The lowest BCUT2D eigenvalue weighted by Gasteiger charge is -2.15. The molecular formula is C16H16N4O4.